The summed E-state index contributed by atoms with van der Waals surface area (Å²) in [6.45, 7) is 0. The maximum Gasteiger partial charge on any atom is 0.202 e. The lowest BCUT2D eigenvalue weighted by atomic mass is 9.93. The smallest absolute Gasteiger partial charge is 0.202 e. The van der Waals surface area contributed by atoms with Crippen LogP contribution in [0.4, 0.5) is 5.88 Å². The molecule has 0 radical (unpaired) electrons. The van der Waals surface area contributed by atoms with Gasteiger partial charge in [-0.2, -0.15) is 0 Å². The van der Waals surface area contributed by atoms with Crippen LogP contribution in [0.15, 0.2) is 199 Å². The van der Waals surface area contributed by atoms with Crippen molar-refractivity contribution in [2.24, 2.45) is 0 Å². The number of furan rings is 1. The summed E-state index contributed by atoms with van der Waals surface area (Å²) in [6.07, 6.45) is -0.327. The highest BCUT2D eigenvalue weighted by molar-refractivity contribution is 6.13. The number of anilines is 1. The van der Waals surface area contributed by atoms with Gasteiger partial charge in [0, 0.05) is 38.2 Å². The Balaban J connectivity index is 1.05. The SMILES string of the molecule is c1ccc(-n2c3ccccc3c3ccc(C4NC(n5c6ccccc6c6cc7ccccc7cc65)Nc5oc6ccc(-c7ccc8ccccc8c7)cc6c54)cc32)cc1. The van der Waals surface area contributed by atoms with Gasteiger partial charge in [-0.1, -0.05) is 133 Å². The minimum Gasteiger partial charge on any atom is -0.440 e. The first-order valence-corrected chi connectivity index (χ1v) is 20.3. The highest BCUT2D eigenvalue weighted by Gasteiger charge is 2.35. The van der Waals surface area contributed by atoms with Crippen LogP contribution in [0.2, 0.25) is 0 Å². The normalized spacial score (nSPS) is 15.5. The summed E-state index contributed by atoms with van der Waals surface area (Å²) in [4.78, 5) is 0. The van der Waals surface area contributed by atoms with Crippen molar-refractivity contribution < 1.29 is 4.42 Å². The van der Waals surface area contributed by atoms with E-state index in [2.05, 4.69) is 214 Å². The van der Waals surface area contributed by atoms with Crippen LogP contribution in [0.5, 0.6) is 0 Å². The molecule has 0 saturated heterocycles. The van der Waals surface area contributed by atoms with Crippen molar-refractivity contribution in [1.82, 2.24) is 14.5 Å². The minimum atomic E-state index is -0.327. The number of fused-ring (bicyclic) bond motifs is 11. The highest BCUT2D eigenvalue weighted by Crippen LogP contribution is 2.46. The van der Waals surface area contributed by atoms with E-state index in [1.807, 2.05) is 0 Å². The zero-order chi connectivity index (χ0) is 38.6. The van der Waals surface area contributed by atoms with Crippen molar-refractivity contribution in [3.05, 3.63) is 205 Å². The molecule has 59 heavy (non-hydrogen) atoms. The van der Waals surface area contributed by atoms with E-state index in [0.717, 1.165) is 50.3 Å². The summed E-state index contributed by atoms with van der Waals surface area (Å²) in [5.41, 5.74) is 11.3. The molecule has 0 fully saturated rings. The number of hydrogen-bond donors (Lipinski definition) is 2. The number of para-hydroxylation sites is 3. The molecule has 13 rings (SSSR count). The minimum absolute atomic E-state index is 0.215. The molecule has 5 nitrogen and oxygen atoms in total. The van der Waals surface area contributed by atoms with E-state index < -0.39 is 0 Å². The molecule has 0 saturated carbocycles. The Labute approximate surface area is 339 Å². The summed E-state index contributed by atoms with van der Waals surface area (Å²) in [5.74, 6) is 0.778. The molecular formula is C54H36N4O. The second kappa shape index (κ2) is 12.4. The first kappa shape index (κ1) is 32.5. The van der Waals surface area contributed by atoms with Crippen LogP contribution in [-0.4, -0.2) is 9.13 Å². The number of benzene rings is 9. The summed E-state index contributed by atoms with van der Waals surface area (Å²) in [5, 5.41) is 18.9. The van der Waals surface area contributed by atoms with Crippen LogP contribution < -0.4 is 10.6 Å². The molecule has 4 heterocycles. The van der Waals surface area contributed by atoms with Gasteiger partial charge in [-0.15, -0.1) is 0 Å². The van der Waals surface area contributed by atoms with Gasteiger partial charge in [-0.3, -0.25) is 5.32 Å². The molecule has 0 spiro atoms. The largest absolute Gasteiger partial charge is 0.440 e. The molecule has 9 aromatic carbocycles. The van der Waals surface area contributed by atoms with Gasteiger partial charge in [0.05, 0.1) is 28.1 Å². The molecule has 278 valence electrons. The van der Waals surface area contributed by atoms with E-state index in [4.69, 9.17) is 4.42 Å². The van der Waals surface area contributed by atoms with Crippen molar-refractivity contribution in [3.63, 3.8) is 0 Å². The molecule has 1 aliphatic heterocycles. The van der Waals surface area contributed by atoms with Gasteiger partial charge in [0.1, 0.15) is 5.58 Å². The number of rotatable bonds is 4. The molecule has 2 unspecified atom stereocenters. The van der Waals surface area contributed by atoms with Crippen molar-refractivity contribution in [2.75, 3.05) is 5.32 Å². The van der Waals surface area contributed by atoms with Crippen LogP contribution in [0.1, 0.15) is 23.5 Å². The highest BCUT2D eigenvalue weighted by atomic mass is 16.4. The topological polar surface area (TPSA) is 47.1 Å². The van der Waals surface area contributed by atoms with Crippen LogP contribution in [0.3, 0.4) is 0 Å². The van der Waals surface area contributed by atoms with Crippen molar-refractivity contribution in [3.8, 4) is 16.8 Å². The molecule has 5 heteroatoms. The maximum atomic E-state index is 6.88. The summed E-state index contributed by atoms with van der Waals surface area (Å²) < 4.78 is 11.7. The van der Waals surface area contributed by atoms with E-state index in [1.54, 1.807) is 0 Å². The monoisotopic (exact) mass is 756 g/mol. The number of nitrogens with zero attached hydrogens (tertiary/aromatic N) is 2. The molecule has 1 aliphatic rings. The quantitative estimate of drug-likeness (QED) is 0.188. The van der Waals surface area contributed by atoms with Gasteiger partial charge in [0.15, 0.2) is 6.29 Å². The Kier molecular flexibility index (Phi) is 6.85. The standard InChI is InChI=1S/C54H36N4O/c1-2-16-40(17-3-1)57-46-20-10-8-18-41(46)43-26-24-39(32-48(43)57)52-51-45-30-38(37-23-22-33-12-4-5-13-34(33)28-37)25-27-50(45)59-53(51)56-54(55-52)58-47-21-11-9-19-42(47)44-29-35-14-6-7-15-36(35)31-49(44)58/h1-32,52,54-56H. The molecule has 3 aromatic heterocycles. The second-order valence-corrected chi connectivity index (χ2v) is 15.8. The number of nitrogens with one attached hydrogen (secondary N) is 2. The predicted molar refractivity (Wildman–Crippen MR) is 245 cm³/mol. The maximum absolute atomic E-state index is 6.88. The van der Waals surface area contributed by atoms with Crippen LogP contribution in [0.25, 0.3) is 92.9 Å². The van der Waals surface area contributed by atoms with Crippen LogP contribution >= 0.6 is 0 Å². The molecular weight excluding hydrogens is 721 g/mol. The third-order valence-electron chi connectivity index (χ3n) is 12.6. The van der Waals surface area contributed by atoms with Crippen molar-refractivity contribution >= 4 is 82.0 Å². The van der Waals surface area contributed by atoms with Gasteiger partial charge in [0.25, 0.3) is 0 Å². The average molecular weight is 757 g/mol. The molecule has 0 bridgehead atoms. The number of aromatic nitrogens is 2. The van der Waals surface area contributed by atoms with Gasteiger partial charge in [-0.05, 0) is 98.9 Å². The van der Waals surface area contributed by atoms with Crippen molar-refractivity contribution in [2.45, 2.75) is 12.3 Å². The second-order valence-electron chi connectivity index (χ2n) is 15.8. The Hall–Kier alpha value is -7.60. The first-order valence-electron chi connectivity index (χ1n) is 20.3. The zero-order valence-corrected chi connectivity index (χ0v) is 31.9. The van der Waals surface area contributed by atoms with Crippen LogP contribution in [0, 0.1) is 0 Å². The third kappa shape index (κ3) is 4.89. The lowest BCUT2D eigenvalue weighted by Gasteiger charge is -2.34. The molecule has 2 N–H and O–H groups in total. The Morgan fingerprint density at radius 1 is 0.424 bits per heavy atom. The molecule has 2 atom stereocenters. The van der Waals surface area contributed by atoms with E-state index in [0.29, 0.717) is 0 Å². The van der Waals surface area contributed by atoms with E-state index in [1.165, 1.54) is 59.7 Å². The lowest BCUT2D eigenvalue weighted by molar-refractivity contribution is 0.400. The Morgan fingerprint density at radius 2 is 1.07 bits per heavy atom. The van der Waals surface area contributed by atoms with E-state index >= 15 is 0 Å². The average Bonchev–Trinajstić information content (AvgIpc) is 3.94. The van der Waals surface area contributed by atoms with E-state index in [9.17, 15) is 0 Å². The fraction of sp³-hybridized carbons (Fsp3) is 0.0370. The zero-order valence-electron chi connectivity index (χ0n) is 31.9. The van der Waals surface area contributed by atoms with Gasteiger partial charge in [-0.25, -0.2) is 0 Å². The summed E-state index contributed by atoms with van der Waals surface area (Å²) in [6, 6.07) is 70.1. The lowest BCUT2D eigenvalue weighted by Crippen LogP contribution is -2.40. The van der Waals surface area contributed by atoms with Crippen LogP contribution in [-0.2, 0) is 0 Å². The van der Waals surface area contributed by atoms with E-state index in [-0.39, 0.29) is 12.3 Å². The fourth-order valence-electron chi connectivity index (χ4n) is 9.85. The molecule has 0 aliphatic carbocycles. The number of hydrogen-bond acceptors (Lipinski definition) is 3. The Bertz CT molecular complexity index is 3650. The predicted octanol–water partition coefficient (Wildman–Crippen LogP) is 13.9. The third-order valence-corrected chi connectivity index (χ3v) is 12.6. The Morgan fingerprint density at radius 3 is 1.90 bits per heavy atom. The van der Waals surface area contributed by atoms with Gasteiger partial charge in [0.2, 0.25) is 5.88 Å². The van der Waals surface area contributed by atoms with Gasteiger partial charge < -0.3 is 18.9 Å². The summed E-state index contributed by atoms with van der Waals surface area (Å²) in [7, 11) is 0. The molecule has 12 aromatic rings. The fourth-order valence-corrected chi connectivity index (χ4v) is 9.85. The summed E-state index contributed by atoms with van der Waals surface area (Å²) >= 11 is 0. The first-order chi connectivity index (χ1) is 29.2. The van der Waals surface area contributed by atoms with Crippen molar-refractivity contribution in [1.29, 1.82) is 0 Å². The molecule has 0 amide bonds. The van der Waals surface area contributed by atoms with Gasteiger partial charge >= 0.3 is 0 Å².